The molecule has 0 N–H and O–H groups in total. The van der Waals surface area contributed by atoms with Gasteiger partial charge in [-0.05, 0) is 44.3 Å². The molecule has 1 atom stereocenters. The van der Waals surface area contributed by atoms with Gasteiger partial charge >= 0.3 is 5.97 Å². The van der Waals surface area contributed by atoms with E-state index in [-0.39, 0.29) is 0 Å². The molecule has 0 radical (unpaired) electrons. The van der Waals surface area contributed by atoms with E-state index >= 15 is 0 Å². The van der Waals surface area contributed by atoms with Crippen molar-refractivity contribution in [3.8, 4) is 6.07 Å². The zero-order valence-electron chi connectivity index (χ0n) is 12.2. The fourth-order valence-electron chi connectivity index (χ4n) is 2.13. The standard InChI is InChI=1S/C15H22N2O3/c1-3-20-15(18)14(11-16)12-6-4-7-13(10-12)17-8-5-9-19-2/h10,14H,3-9H2,1-2H3. The number of aliphatic imine (C=N–C) groups is 1. The van der Waals surface area contributed by atoms with Gasteiger partial charge in [0.05, 0.1) is 12.7 Å². The third-order valence-corrected chi connectivity index (χ3v) is 3.09. The quantitative estimate of drug-likeness (QED) is 0.529. The molecule has 0 aliphatic heterocycles. The fraction of sp³-hybridized carbons (Fsp3) is 0.667. The first-order valence-electron chi connectivity index (χ1n) is 7.01. The first-order valence-corrected chi connectivity index (χ1v) is 7.01. The van der Waals surface area contributed by atoms with E-state index in [2.05, 4.69) is 4.99 Å². The maximum absolute atomic E-state index is 11.7. The van der Waals surface area contributed by atoms with Crippen molar-refractivity contribution in [3.05, 3.63) is 11.6 Å². The van der Waals surface area contributed by atoms with E-state index in [1.54, 1.807) is 14.0 Å². The van der Waals surface area contributed by atoms with E-state index in [4.69, 9.17) is 14.7 Å². The number of carbonyl (C=O) groups is 1. The monoisotopic (exact) mass is 278 g/mol. The van der Waals surface area contributed by atoms with Crippen LogP contribution in [0.1, 0.15) is 32.6 Å². The molecule has 0 aromatic rings. The van der Waals surface area contributed by atoms with Gasteiger partial charge in [0.25, 0.3) is 0 Å². The Hall–Kier alpha value is -1.67. The van der Waals surface area contributed by atoms with E-state index in [0.717, 1.165) is 37.0 Å². The molecule has 1 unspecified atom stereocenters. The van der Waals surface area contributed by atoms with Gasteiger partial charge in [0.15, 0.2) is 5.92 Å². The lowest BCUT2D eigenvalue weighted by molar-refractivity contribution is -0.144. The summed E-state index contributed by atoms with van der Waals surface area (Å²) in [5, 5.41) is 9.16. The Kier molecular flexibility index (Phi) is 7.59. The van der Waals surface area contributed by atoms with Crippen molar-refractivity contribution in [2.75, 3.05) is 26.9 Å². The molecule has 110 valence electrons. The molecule has 0 saturated heterocycles. The minimum absolute atomic E-state index is 0.294. The van der Waals surface area contributed by atoms with Gasteiger partial charge in [-0.2, -0.15) is 5.26 Å². The zero-order valence-corrected chi connectivity index (χ0v) is 12.2. The van der Waals surface area contributed by atoms with E-state index in [1.165, 1.54) is 0 Å². The molecule has 1 aliphatic carbocycles. The summed E-state index contributed by atoms with van der Waals surface area (Å²) in [5.41, 5.74) is 1.79. The van der Waals surface area contributed by atoms with Gasteiger partial charge in [-0.25, -0.2) is 0 Å². The second kappa shape index (κ2) is 9.27. The van der Waals surface area contributed by atoms with Crippen LogP contribution in [0.4, 0.5) is 0 Å². The zero-order chi connectivity index (χ0) is 14.8. The van der Waals surface area contributed by atoms with Crippen LogP contribution in [-0.4, -0.2) is 38.5 Å². The van der Waals surface area contributed by atoms with Gasteiger partial charge < -0.3 is 9.47 Å². The van der Waals surface area contributed by atoms with Gasteiger partial charge in [0.2, 0.25) is 0 Å². The number of rotatable bonds is 7. The second-order valence-electron chi connectivity index (χ2n) is 4.61. The van der Waals surface area contributed by atoms with Gasteiger partial charge in [-0.1, -0.05) is 0 Å². The summed E-state index contributed by atoms with van der Waals surface area (Å²) >= 11 is 0. The summed E-state index contributed by atoms with van der Waals surface area (Å²) in [4.78, 5) is 16.2. The number of ether oxygens (including phenoxy) is 2. The molecule has 20 heavy (non-hydrogen) atoms. The van der Waals surface area contributed by atoms with Gasteiger partial charge in [-0.15, -0.1) is 0 Å². The predicted octanol–water partition coefficient (Wildman–Crippen LogP) is 2.28. The van der Waals surface area contributed by atoms with Crippen molar-refractivity contribution in [1.82, 2.24) is 0 Å². The number of carbonyl (C=O) groups excluding carboxylic acids is 1. The number of hydrogen-bond donors (Lipinski definition) is 0. The average Bonchev–Trinajstić information content (AvgIpc) is 2.45. The van der Waals surface area contributed by atoms with E-state index in [1.807, 2.05) is 12.1 Å². The molecular weight excluding hydrogens is 256 g/mol. The van der Waals surface area contributed by atoms with Crippen LogP contribution in [0.25, 0.3) is 0 Å². The minimum atomic E-state index is -0.792. The van der Waals surface area contributed by atoms with Crippen molar-refractivity contribution in [2.45, 2.75) is 32.6 Å². The number of methoxy groups -OCH3 is 1. The molecular formula is C15H22N2O3. The van der Waals surface area contributed by atoms with Gasteiger partial charge in [0.1, 0.15) is 0 Å². The Morgan fingerprint density at radius 3 is 3.00 bits per heavy atom. The van der Waals surface area contributed by atoms with E-state index in [9.17, 15) is 4.79 Å². The van der Waals surface area contributed by atoms with Crippen LogP contribution in [0.5, 0.6) is 0 Å². The molecule has 0 aromatic heterocycles. The highest BCUT2D eigenvalue weighted by molar-refractivity contribution is 5.97. The summed E-state index contributed by atoms with van der Waals surface area (Å²) in [5.74, 6) is -1.25. The lowest BCUT2D eigenvalue weighted by Crippen LogP contribution is -2.21. The van der Waals surface area contributed by atoms with Crippen molar-refractivity contribution in [1.29, 1.82) is 5.26 Å². The molecule has 0 aromatic carbocycles. The average molecular weight is 278 g/mol. The Balaban J connectivity index is 2.70. The molecule has 0 heterocycles. The van der Waals surface area contributed by atoms with Crippen molar-refractivity contribution in [2.24, 2.45) is 10.9 Å². The lowest BCUT2D eigenvalue weighted by Gasteiger charge is -2.17. The van der Waals surface area contributed by atoms with Crippen molar-refractivity contribution >= 4 is 11.7 Å². The molecule has 1 aliphatic rings. The van der Waals surface area contributed by atoms with Crippen LogP contribution < -0.4 is 0 Å². The van der Waals surface area contributed by atoms with Crippen LogP contribution >= 0.6 is 0 Å². The summed E-state index contributed by atoms with van der Waals surface area (Å²) < 4.78 is 9.92. The predicted molar refractivity (Wildman–Crippen MR) is 76.5 cm³/mol. The van der Waals surface area contributed by atoms with Crippen LogP contribution in [0.3, 0.4) is 0 Å². The maximum Gasteiger partial charge on any atom is 0.327 e. The molecule has 0 bridgehead atoms. The number of allylic oxidation sites excluding steroid dienone is 1. The summed E-state index contributed by atoms with van der Waals surface area (Å²) in [6.07, 6.45) is 5.35. The second-order valence-corrected chi connectivity index (χ2v) is 4.61. The summed E-state index contributed by atoms with van der Waals surface area (Å²) in [7, 11) is 1.67. The van der Waals surface area contributed by atoms with Crippen molar-refractivity contribution < 1.29 is 14.3 Å². The highest BCUT2D eigenvalue weighted by Gasteiger charge is 2.25. The van der Waals surface area contributed by atoms with E-state index < -0.39 is 11.9 Å². The lowest BCUT2D eigenvalue weighted by atomic mass is 9.89. The highest BCUT2D eigenvalue weighted by Crippen LogP contribution is 2.24. The number of nitrogens with zero attached hydrogens (tertiary/aromatic N) is 2. The summed E-state index contributed by atoms with van der Waals surface area (Å²) in [6, 6.07) is 2.04. The third kappa shape index (κ3) is 5.14. The fourth-order valence-corrected chi connectivity index (χ4v) is 2.13. The van der Waals surface area contributed by atoms with Gasteiger partial charge in [0, 0.05) is 26.0 Å². The first-order chi connectivity index (χ1) is 9.72. The minimum Gasteiger partial charge on any atom is -0.465 e. The Morgan fingerprint density at radius 1 is 1.55 bits per heavy atom. The van der Waals surface area contributed by atoms with Crippen LogP contribution in [0, 0.1) is 17.2 Å². The van der Waals surface area contributed by atoms with Crippen molar-refractivity contribution in [3.63, 3.8) is 0 Å². The molecule has 5 nitrogen and oxygen atoms in total. The van der Waals surface area contributed by atoms with Gasteiger partial charge in [-0.3, -0.25) is 9.79 Å². The Bertz CT molecular complexity index is 421. The Labute approximate surface area is 120 Å². The first kappa shape index (κ1) is 16.4. The van der Waals surface area contributed by atoms with Crippen LogP contribution in [0.2, 0.25) is 0 Å². The molecule has 0 saturated carbocycles. The normalized spacial score (nSPS) is 18.2. The topological polar surface area (TPSA) is 71.7 Å². The molecule has 5 heteroatoms. The molecule has 0 fully saturated rings. The van der Waals surface area contributed by atoms with Crippen LogP contribution in [-0.2, 0) is 14.3 Å². The molecule has 1 rings (SSSR count). The Morgan fingerprint density at radius 2 is 2.35 bits per heavy atom. The smallest absolute Gasteiger partial charge is 0.327 e. The molecule has 0 spiro atoms. The van der Waals surface area contributed by atoms with Crippen LogP contribution in [0.15, 0.2) is 16.6 Å². The number of nitriles is 1. The molecule has 0 amide bonds. The number of hydrogen-bond acceptors (Lipinski definition) is 5. The largest absolute Gasteiger partial charge is 0.465 e. The third-order valence-electron chi connectivity index (χ3n) is 3.09. The highest BCUT2D eigenvalue weighted by atomic mass is 16.5. The maximum atomic E-state index is 11.7. The van der Waals surface area contributed by atoms with E-state index in [0.29, 0.717) is 19.8 Å². The summed E-state index contributed by atoms with van der Waals surface area (Å²) in [6.45, 7) is 3.44. The number of esters is 1. The SMILES string of the molecule is CCOC(=O)C(C#N)C1=CC(=NCCCOC)CCC1.